The molecule has 1 aromatic rings. The summed E-state index contributed by atoms with van der Waals surface area (Å²) in [6, 6.07) is 2.57. The number of ether oxygens (including phenoxy) is 1. The second-order valence-corrected chi connectivity index (χ2v) is 5.40. The molecule has 0 bridgehead atoms. The zero-order chi connectivity index (χ0) is 15.7. The van der Waals surface area contributed by atoms with Gasteiger partial charge in [0, 0.05) is 0 Å². The number of hydrogen-bond acceptors (Lipinski definition) is 5. The molecule has 0 saturated carbocycles. The molecule has 0 saturated heterocycles. The number of alkyl halides is 3. The molecule has 0 heterocycles. The van der Waals surface area contributed by atoms with Gasteiger partial charge in [-0.3, -0.25) is 0 Å². The SMILES string of the molecule is COC(=O)c1ccc(C)c(C)c1OS(=O)(=O)C(F)(F)F. The first-order valence-corrected chi connectivity index (χ1v) is 6.61. The molecule has 112 valence electrons. The maximum atomic E-state index is 12.3. The highest BCUT2D eigenvalue weighted by atomic mass is 32.2. The minimum Gasteiger partial charge on any atom is -0.465 e. The largest absolute Gasteiger partial charge is 0.534 e. The van der Waals surface area contributed by atoms with E-state index in [2.05, 4.69) is 8.92 Å². The van der Waals surface area contributed by atoms with Gasteiger partial charge >= 0.3 is 21.6 Å². The van der Waals surface area contributed by atoms with Crippen LogP contribution in [0.5, 0.6) is 5.75 Å². The normalized spacial score (nSPS) is 12.1. The molecule has 9 heteroatoms. The third-order valence-electron chi connectivity index (χ3n) is 2.56. The van der Waals surface area contributed by atoms with Crippen molar-refractivity contribution in [3.8, 4) is 5.75 Å². The van der Waals surface area contributed by atoms with Gasteiger partial charge in [0.25, 0.3) is 0 Å². The lowest BCUT2D eigenvalue weighted by Gasteiger charge is -2.15. The van der Waals surface area contributed by atoms with Crippen molar-refractivity contribution < 1.29 is 35.3 Å². The van der Waals surface area contributed by atoms with Crippen LogP contribution in [0.15, 0.2) is 12.1 Å². The fraction of sp³-hybridized carbons (Fsp3) is 0.364. The predicted molar refractivity (Wildman–Crippen MR) is 62.9 cm³/mol. The lowest BCUT2D eigenvalue weighted by atomic mass is 10.0. The average Bonchev–Trinajstić information content (AvgIpc) is 2.33. The molecule has 0 aromatic heterocycles. The summed E-state index contributed by atoms with van der Waals surface area (Å²) in [5.41, 5.74) is -5.43. The van der Waals surface area contributed by atoms with Crippen molar-refractivity contribution in [2.24, 2.45) is 0 Å². The molecule has 1 rings (SSSR count). The molecule has 0 spiro atoms. The van der Waals surface area contributed by atoms with Crippen LogP contribution >= 0.6 is 0 Å². The average molecular weight is 312 g/mol. The predicted octanol–water partition coefficient (Wildman–Crippen LogP) is 2.32. The van der Waals surface area contributed by atoms with Gasteiger partial charge in [-0.25, -0.2) is 4.79 Å². The summed E-state index contributed by atoms with van der Waals surface area (Å²) in [5.74, 6) is -1.69. The molecule has 0 aliphatic heterocycles. The number of benzene rings is 1. The number of rotatable bonds is 3. The van der Waals surface area contributed by atoms with Crippen LogP contribution < -0.4 is 4.18 Å². The summed E-state index contributed by atoms with van der Waals surface area (Å²) >= 11 is 0. The van der Waals surface area contributed by atoms with Gasteiger partial charge in [0.05, 0.1) is 7.11 Å². The van der Waals surface area contributed by atoms with Crippen molar-refractivity contribution in [2.75, 3.05) is 7.11 Å². The fourth-order valence-corrected chi connectivity index (χ4v) is 1.85. The molecule has 0 unspecified atom stereocenters. The van der Waals surface area contributed by atoms with Gasteiger partial charge in [-0.15, -0.1) is 0 Å². The molecule has 5 nitrogen and oxygen atoms in total. The van der Waals surface area contributed by atoms with E-state index in [1.807, 2.05) is 0 Å². The van der Waals surface area contributed by atoms with Gasteiger partial charge in [0.1, 0.15) is 5.56 Å². The standard InChI is InChI=1S/C11H11F3O5S/c1-6-4-5-8(10(15)18-3)9(7(6)2)19-20(16,17)11(12,13)14/h4-5H,1-3H3. The smallest absolute Gasteiger partial charge is 0.465 e. The summed E-state index contributed by atoms with van der Waals surface area (Å²) < 4.78 is 67.6. The molecule has 0 radical (unpaired) electrons. The quantitative estimate of drug-likeness (QED) is 0.487. The Labute approximate surface area is 113 Å². The van der Waals surface area contributed by atoms with Crippen molar-refractivity contribution in [1.82, 2.24) is 0 Å². The summed E-state index contributed by atoms with van der Waals surface area (Å²) in [4.78, 5) is 11.5. The Hall–Kier alpha value is -1.77. The Morgan fingerprint density at radius 3 is 2.20 bits per heavy atom. The number of hydrogen-bond donors (Lipinski definition) is 0. The molecule has 0 fully saturated rings. The van der Waals surface area contributed by atoms with Gasteiger partial charge < -0.3 is 8.92 Å². The fourth-order valence-electron chi connectivity index (χ4n) is 1.33. The van der Waals surface area contributed by atoms with E-state index in [1.54, 1.807) is 0 Å². The lowest BCUT2D eigenvalue weighted by molar-refractivity contribution is -0.0500. The van der Waals surface area contributed by atoms with Crippen molar-refractivity contribution >= 4 is 16.1 Å². The molecular weight excluding hydrogens is 301 g/mol. The van der Waals surface area contributed by atoms with Crippen LogP contribution in [0.25, 0.3) is 0 Å². The highest BCUT2D eigenvalue weighted by Crippen LogP contribution is 2.33. The Morgan fingerprint density at radius 2 is 1.75 bits per heavy atom. The summed E-state index contributed by atoms with van der Waals surface area (Å²) in [6.45, 7) is 2.87. The molecule has 0 aliphatic rings. The second-order valence-electron chi connectivity index (χ2n) is 3.86. The first-order chi connectivity index (χ1) is 9.01. The van der Waals surface area contributed by atoms with E-state index in [9.17, 15) is 26.4 Å². The first kappa shape index (κ1) is 16.3. The van der Waals surface area contributed by atoms with E-state index in [-0.39, 0.29) is 5.56 Å². The molecule has 0 N–H and O–H groups in total. The highest BCUT2D eigenvalue weighted by Gasteiger charge is 2.49. The van der Waals surface area contributed by atoms with Gasteiger partial charge in [0.15, 0.2) is 5.75 Å². The van der Waals surface area contributed by atoms with Gasteiger partial charge in [-0.2, -0.15) is 21.6 Å². The van der Waals surface area contributed by atoms with Crippen LogP contribution in [-0.4, -0.2) is 27.0 Å². The van der Waals surface area contributed by atoms with Crippen molar-refractivity contribution in [2.45, 2.75) is 19.4 Å². The molecule has 20 heavy (non-hydrogen) atoms. The number of carbonyl (C=O) groups is 1. The number of halogens is 3. The lowest BCUT2D eigenvalue weighted by Crippen LogP contribution is -2.29. The molecule has 0 atom stereocenters. The molecular formula is C11H11F3O5S. The van der Waals surface area contributed by atoms with Crippen LogP contribution in [0.1, 0.15) is 21.5 Å². The molecule has 0 aliphatic carbocycles. The van der Waals surface area contributed by atoms with E-state index in [4.69, 9.17) is 0 Å². The topological polar surface area (TPSA) is 69.7 Å². The second kappa shape index (κ2) is 5.31. The van der Waals surface area contributed by atoms with Crippen LogP contribution in [0, 0.1) is 13.8 Å². The van der Waals surface area contributed by atoms with Crippen LogP contribution in [0.2, 0.25) is 0 Å². The Kier molecular flexibility index (Phi) is 4.33. The van der Waals surface area contributed by atoms with E-state index in [1.165, 1.54) is 19.9 Å². The Morgan fingerprint density at radius 1 is 1.20 bits per heavy atom. The van der Waals surface area contributed by atoms with Crippen molar-refractivity contribution in [3.63, 3.8) is 0 Å². The summed E-state index contributed by atoms with van der Waals surface area (Å²) in [5, 5.41) is 0. The van der Waals surface area contributed by atoms with Crippen LogP contribution in [-0.2, 0) is 14.9 Å². The molecule has 0 amide bonds. The van der Waals surface area contributed by atoms with Crippen LogP contribution in [0.4, 0.5) is 13.2 Å². The van der Waals surface area contributed by atoms with E-state index < -0.39 is 32.9 Å². The number of aryl methyl sites for hydroxylation is 1. The summed E-state index contributed by atoms with van der Waals surface area (Å²) in [6.07, 6.45) is 0. The third-order valence-corrected chi connectivity index (χ3v) is 3.51. The molecule has 1 aromatic carbocycles. The van der Waals surface area contributed by atoms with Crippen molar-refractivity contribution in [3.05, 3.63) is 28.8 Å². The zero-order valence-corrected chi connectivity index (χ0v) is 11.6. The third kappa shape index (κ3) is 3.03. The first-order valence-electron chi connectivity index (χ1n) is 5.20. The van der Waals surface area contributed by atoms with Crippen LogP contribution in [0.3, 0.4) is 0 Å². The zero-order valence-electron chi connectivity index (χ0n) is 10.7. The van der Waals surface area contributed by atoms with Gasteiger partial charge in [0.2, 0.25) is 0 Å². The maximum Gasteiger partial charge on any atom is 0.534 e. The van der Waals surface area contributed by atoms with Crippen molar-refractivity contribution in [1.29, 1.82) is 0 Å². The van der Waals surface area contributed by atoms with Gasteiger partial charge in [-0.05, 0) is 31.0 Å². The van der Waals surface area contributed by atoms with E-state index >= 15 is 0 Å². The number of esters is 1. The maximum absolute atomic E-state index is 12.3. The summed E-state index contributed by atoms with van der Waals surface area (Å²) in [7, 11) is -4.85. The van der Waals surface area contributed by atoms with E-state index in [0.29, 0.717) is 5.56 Å². The Balaban J connectivity index is 3.44. The highest BCUT2D eigenvalue weighted by molar-refractivity contribution is 7.88. The number of carbonyl (C=O) groups excluding carboxylic acids is 1. The van der Waals surface area contributed by atoms with Gasteiger partial charge in [-0.1, -0.05) is 6.07 Å². The minimum atomic E-state index is -5.86. The minimum absolute atomic E-state index is 0.0979. The van der Waals surface area contributed by atoms with E-state index in [0.717, 1.165) is 13.2 Å². The number of methoxy groups -OCH3 is 1. The Bertz CT molecular complexity index is 634. The monoisotopic (exact) mass is 312 g/mol.